The maximum Gasteiger partial charge on any atom is 0.319 e. The Morgan fingerprint density at radius 3 is 2.57 bits per heavy atom. The summed E-state index contributed by atoms with van der Waals surface area (Å²) in [6.07, 6.45) is 6.67. The number of rotatable bonds is 6. The summed E-state index contributed by atoms with van der Waals surface area (Å²) in [6, 6.07) is 9.76. The zero-order chi connectivity index (χ0) is 19.1. The van der Waals surface area contributed by atoms with Crippen LogP contribution in [0, 0.1) is 0 Å². The number of H-pyrrole nitrogens is 1. The molecule has 0 aliphatic heterocycles. The predicted octanol–water partition coefficient (Wildman–Crippen LogP) is 3.03. The first-order valence-electron chi connectivity index (χ1n) is 9.48. The lowest BCUT2D eigenvalue weighted by atomic mass is 10.1. The fraction of sp³-hybridized carbons (Fsp3) is 0.300. The molecule has 3 amide bonds. The Morgan fingerprint density at radius 1 is 1.11 bits per heavy atom. The monoisotopic (exact) mass is 376 g/mol. The Hall–Kier alpha value is -3.42. The minimum atomic E-state index is -0.182. The summed E-state index contributed by atoms with van der Waals surface area (Å²) in [6.45, 7) is 0. The van der Waals surface area contributed by atoms with Crippen molar-refractivity contribution in [1.82, 2.24) is 20.3 Å². The van der Waals surface area contributed by atoms with Gasteiger partial charge >= 0.3 is 6.03 Å². The summed E-state index contributed by atoms with van der Waals surface area (Å²) in [5, 5.41) is 6.63. The van der Waals surface area contributed by atoms with Gasteiger partial charge in [0.25, 0.3) is 0 Å². The summed E-state index contributed by atoms with van der Waals surface area (Å²) in [7, 11) is 0. The molecule has 0 spiro atoms. The number of aromatic amines is 1. The number of carbonyl (C=O) groups excluding carboxylic acids is 2. The molecule has 0 atom stereocenters. The van der Waals surface area contributed by atoms with Crippen molar-refractivity contribution >= 4 is 35.1 Å². The van der Waals surface area contributed by atoms with Crippen LogP contribution in [0.5, 0.6) is 0 Å². The van der Waals surface area contributed by atoms with Gasteiger partial charge in [-0.1, -0.05) is 12.1 Å². The van der Waals surface area contributed by atoms with E-state index in [1.165, 1.54) is 0 Å². The maximum absolute atomic E-state index is 11.9. The minimum Gasteiger partial charge on any atom is -0.346 e. The number of urea groups is 1. The quantitative estimate of drug-likeness (QED) is 0.575. The van der Waals surface area contributed by atoms with E-state index in [-0.39, 0.29) is 12.1 Å². The van der Waals surface area contributed by atoms with Crippen LogP contribution in [-0.4, -0.2) is 39.5 Å². The second-order valence-corrected chi connectivity index (χ2v) is 7.31. The zero-order valence-electron chi connectivity index (χ0n) is 15.2. The highest BCUT2D eigenvalue weighted by Gasteiger charge is 2.31. The van der Waals surface area contributed by atoms with E-state index in [0.717, 1.165) is 48.7 Å². The van der Waals surface area contributed by atoms with E-state index in [9.17, 15) is 9.59 Å². The first-order chi connectivity index (χ1) is 13.7. The molecule has 2 aliphatic rings. The second kappa shape index (κ2) is 6.63. The van der Waals surface area contributed by atoms with E-state index in [1.807, 2.05) is 36.5 Å². The number of nitrogens with one attached hydrogen (secondary N) is 3. The summed E-state index contributed by atoms with van der Waals surface area (Å²) in [4.78, 5) is 37.3. The number of fused-ring (bicyclic) bond motifs is 1. The molecule has 142 valence electrons. The molecule has 3 aromatic rings. The number of hydrogen-bond donors (Lipinski definition) is 3. The molecular formula is C20H20N6O2. The standard InChI is InChI=1S/C20H20N6O2/c27-11-26(15-7-8-15)19-24-17(16-9-10-21-18(16)25-19)12-1-3-13(4-2-12)22-20(28)23-14-5-6-14/h1-4,9-11,14-15H,5-8H2,(H,21,24,25)(H2,22,23,28). The molecule has 2 heterocycles. The van der Waals surface area contributed by atoms with Crippen molar-refractivity contribution in [3.8, 4) is 11.3 Å². The molecule has 28 heavy (non-hydrogen) atoms. The van der Waals surface area contributed by atoms with Crippen molar-refractivity contribution < 1.29 is 9.59 Å². The van der Waals surface area contributed by atoms with E-state index < -0.39 is 0 Å². The van der Waals surface area contributed by atoms with Gasteiger partial charge in [0.05, 0.1) is 5.69 Å². The molecule has 2 aromatic heterocycles. The van der Waals surface area contributed by atoms with Gasteiger partial charge in [-0.25, -0.2) is 9.78 Å². The number of benzene rings is 1. The minimum absolute atomic E-state index is 0.182. The Bertz CT molecular complexity index is 1040. The molecule has 2 saturated carbocycles. The number of amides is 3. The molecule has 0 bridgehead atoms. The van der Waals surface area contributed by atoms with Gasteiger partial charge in [-0.05, 0) is 43.9 Å². The number of aromatic nitrogens is 3. The van der Waals surface area contributed by atoms with Gasteiger partial charge in [0, 0.05) is 34.9 Å². The second-order valence-electron chi connectivity index (χ2n) is 7.31. The van der Waals surface area contributed by atoms with Gasteiger partial charge in [0.2, 0.25) is 12.4 Å². The molecule has 2 fully saturated rings. The highest BCUT2D eigenvalue weighted by Crippen LogP contribution is 2.32. The average Bonchev–Trinajstić information content (AvgIpc) is 3.62. The normalized spacial score (nSPS) is 16.0. The SMILES string of the molecule is O=CN(c1nc(-c2ccc(NC(=O)NC3CC3)cc2)c2cc[nH]c2n1)C1CC1. The summed E-state index contributed by atoms with van der Waals surface area (Å²) in [5.74, 6) is 0.411. The van der Waals surface area contributed by atoms with Gasteiger partial charge in [-0.2, -0.15) is 4.98 Å². The Balaban J connectivity index is 1.45. The van der Waals surface area contributed by atoms with Gasteiger partial charge in [-0.15, -0.1) is 0 Å². The lowest BCUT2D eigenvalue weighted by Gasteiger charge is -2.15. The summed E-state index contributed by atoms with van der Waals surface area (Å²) >= 11 is 0. The van der Waals surface area contributed by atoms with Crippen molar-refractivity contribution in [2.45, 2.75) is 37.8 Å². The van der Waals surface area contributed by atoms with Crippen LogP contribution < -0.4 is 15.5 Å². The average molecular weight is 376 g/mol. The fourth-order valence-corrected chi connectivity index (χ4v) is 3.21. The Kier molecular flexibility index (Phi) is 3.96. The van der Waals surface area contributed by atoms with Crippen molar-refractivity contribution in [2.75, 3.05) is 10.2 Å². The molecule has 0 unspecified atom stereocenters. The van der Waals surface area contributed by atoms with Crippen molar-refractivity contribution in [1.29, 1.82) is 0 Å². The molecule has 3 N–H and O–H groups in total. The zero-order valence-corrected chi connectivity index (χ0v) is 15.2. The third-order valence-electron chi connectivity index (χ3n) is 5.02. The van der Waals surface area contributed by atoms with E-state index in [0.29, 0.717) is 23.3 Å². The van der Waals surface area contributed by atoms with E-state index in [1.54, 1.807) is 4.90 Å². The first kappa shape index (κ1) is 16.7. The van der Waals surface area contributed by atoms with E-state index in [2.05, 4.69) is 25.6 Å². The molecular weight excluding hydrogens is 356 g/mol. The molecule has 1 aromatic carbocycles. The third kappa shape index (κ3) is 3.28. The number of hydrogen-bond acceptors (Lipinski definition) is 4. The predicted molar refractivity (Wildman–Crippen MR) is 106 cm³/mol. The third-order valence-corrected chi connectivity index (χ3v) is 5.02. The largest absolute Gasteiger partial charge is 0.346 e. The van der Waals surface area contributed by atoms with Crippen molar-refractivity contribution in [3.05, 3.63) is 36.5 Å². The van der Waals surface area contributed by atoms with Crippen LogP contribution in [0.15, 0.2) is 36.5 Å². The van der Waals surface area contributed by atoms with Crippen LogP contribution in [0.4, 0.5) is 16.4 Å². The fourth-order valence-electron chi connectivity index (χ4n) is 3.21. The first-order valence-corrected chi connectivity index (χ1v) is 9.48. The lowest BCUT2D eigenvalue weighted by molar-refractivity contribution is -0.107. The van der Waals surface area contributed by atoms with Gasteiger partial charge in [-0.3, -0.25) is 9.69 Å². The smallest absolute Gasteiger partial charge is 0.319 e. The van der Waals surface area contributed by atoms with Crippen molar-refractivity contribution in [3.63, 3.8) is 0 Å². The van der Waals surface area contributed by atoms with E-state index >= 15 is 0 Å². The van der Waals surface area contributed by atoms with Crippen LogP contribution >= 0.6 is 0 Å². The number of carbonyl (C=O) groups is 2. The molecule has 8 heteroatoms. The highest BCUT2D eigenvalue weighted by atomic mass is 16.2. The summed E-state index contributed by atoms with van der Waals surface area (Å²) in [5.41, 5.74) is 3.05. The lowest BCUT2D eigenvalue weighted by Crippen LogP contribution is -2.30. The van der Waals surface area contributed by atoms with Crippen LogP contribution in [-0.2, 0) is 4.79 Å². The Labute approximate surface area is 161 Å². The van der Waals surface area contributed by atoms with E-state index in [4.69, 9.17) is 0 Å². The van der Waals surface area contributed by atoms with Crippen molar-refractivity contribution in [2.24, 2.45) is 0 Å². The summed E-state index contributed by atoms with van der Waals surface area (Å²) < 4.78 is 0. The maximum atomic E-state index is 11.9. The molecule has 0 saturated heterocycles. The molecule has 2 aliphatic carbocycles. The van der Waals surface area contributed by atoms with Crippen LogP contribution in [0.3, 0.4) is 0 Å². The van der Waals surface area contributed by atoms with Gasteiger partial charge in [0.1, 0.15) is 5.65 Å². The highest BCUT2D eigenvalue weighted by molar-refractivity contribution is 5.94. The Morgan fingerprint density at radius 2 is 1.89 bits per heavy atom. The van der Waals surface area contributed by atoms with Gasteiger partial charge < -0.3 is 15.6 Å². The molecule has 5 rings (SSSR count). The molecule has 0 radical (unpaired) electrons. The number of anilines is 2. The van der Waals surface area contributed by atoms with Crippen LogP contribution in [0.25, 0.3) is 22.3 Å². The topological polar surface area (TPSA) is 103 Å². The van der Waals surface area contributed by atoms with Crippen LogP contribution in [0.2, 0.25) is 0 Å². The van der Waals surface area contributed by atoms with Crippen LogP contribution in [0.1, 0.15) is 25.7 Å². The molecule has 8 nitrogen and oxygen atoms in total. The number of nitrogens with zero attached hydrogens (tertiary/aromatic N) is 3. The van der Waals surface area contributed by atoms with Gasteiger partial charge in [0.15, 0.2) is 0 Å².